The van der Waals surface area contributed by atoms with Crippen LogP contribution in [0.1, 0.15) is 20.8 Å². The predicted molar refractivity (Wildman–Crippen MR) is 73.2 cm³/mol. The maximum atomic E-state index is 12.0. The van der Waals surface area contributed by atoms with Gasteiger partial charge in [-0.25, -0.2) is 4.79 Å². The minimum absolute atomic E-state index is 0.0152. The topological polar surface area (TPSA) is 114 Å². The molecule has 0 unspecified atom stereocenters. The van der Waals surface area contributed by atoms with Gasteiger partial charge in [0.2, 0.25) is 0 Å². The monoisotopic (exact) mass is 289 g/mol. The smallest absolute Gasteiger partial charge is 0.339 e. The summed E-state index contributed by atoms with van der Waals surface area (Å²) in [6, 6.07) is 7.40. The highest BCUT2D eigenvalue weighted by Crippen LogP contribution is 2.18. The Labute approximate surface area is 118 Å². The van der Waals surface area contributed by atoms with Gasteiger partial charge in [0.15, 0.2) is 0 Å². The van der Waals surface area contributed by atoms with Crippen molar-refractivity contribution >= 4 is 23.3 Å². The predicted octanol–water partition coefficient (Wildman–Crippen LogP) is 1.96. The molecular formula is C13H11N3O5. The molecular weight excluding hydrogens is 278 g/mol. The SMILES string of the molecule is COC(=O)c1ccccc1NC(=O)c1cc([N+](=O)[O-])c[nH]1. The van der Waals surface area contributed by atoms with Gasteiger partial charge in [0.1, 0.15) is 5.69 Å². The number of amides is 1. The van der Waals surface area contributed by atoms with Gasteiger partial charge >= 0.3 is 5.97 Å². The summed E-state index contributed by atoms with van der Waals surface area (Å²) in [6.45, 7) is 0. The van der Waals surface area contributed by atoms with Crippen LogP contribution in [0.3, 0.4) is 0 Å². The van der Waals surface area contributed by atoms with Crippen LogP contribution in [-0.2, 0) is 4.74 Å². The summed E-state index contributed by atoms with van der Waals surface area (Å²) in [5.41, 5.74) is 0.240. The standard InChI is InChI=1S/C13H11N3O5/c1-21-13(18)9-4-2-3-5-10(9)15-12(17)11-6-8(7-14-11)16(19)20/h2-7,14H,1H3,(H,15,17). The third-order valence-electron chi connectivity index (χ3n) is 2.70. The Bertz CT molecular complexity index is 707. The normalized spacial score (nSPS) is 9.95. The minimum Gasteiger partial charge on any atom is -0.465 e. The zero-order valence-electron chi connectivity index (χ0n) is 11.0. The van der Waals surface area contributed by atoms with Crippen molar-refractivity contribution in [3.8, 4) is 0 Å². The fourth-order valence-corrected chi connectivity index (χ4v) is 1.69. The lowest BCUT2D eigenvalue weighted by Crippen LogP contribution is -2.15. The number of benzene rings is 1. The lowest BCUT2D eigenvalue weighted by Gasteiger charge is -2.08. The van der Waals surface area contributed by atoms with Crippen molar-refractivity contribution in [2.75, 3.05) is 12.4 Å². The molecule has 0 saturated carbocycles. The highest BCUT2D eigenvalue weighted by Gasteiger charge is 2.17. The number of nitrogens with one attached hydrogen (secondary N) is 2. The fourth-order valence-electron chi connectivity index (χ4n) is 1.69. The molecule has 0 spiro atoms. The number of aromatic nitrogens is 1. The number of hydrogen-bond donors (Lipinski definition) is 2. The third kappa shape index (κ3) is 3.06. The number of esters is 1. The van der Waals surface area contributed by atoms with Crippen LogP contribution < -0.4 is 5.32 Å². The number of ether oxygens (including phenoxy) is 1. The summed E-state index contributed by atoms with van der Waals surface area (Å²) in [5.74, 6) is -1.19. The van der Waals surface area contributed by atoms with E-state index in [0.29, 0.717) is 0 Å². The Hall–Kier alpha value is -3.16. The first-order valence-corrected chi connectivity index (χ1v) is 5.84. The van der Waals surface area contributed by atoms with E-state index < -0.39 is 16.8 Å². The van der Waals surface area contributed by atoms with Gasteiger partial charge in [-0.3, -0.25) is 14.9 Å². The quantitative estimate of drug-likeness (QED) is 0.507. The number of para-hydroxylation sites is 1. The van der Waals surface area contributed by atoms with Crippen molar-refractivity contribution < 1.29 is 19.2 Å². The van der Waals surface area contributed by atoms with E-state index in [0.717, 1.165) is 12.3 Å². The molecule has 108 valence electrons. The van der Waals surface area contributed by atoms with Gasteiger partial charge in [0, 0.05) is 6.07 Å². The molecule has 2 N–H and O–H groups in total. The van der Waals surface area contributed by atoms with Crippen LogP contribution in [-0.4, -0.2) is 28.9 Å². The van der Waals surface area contributed by atoms with Gasteiger partial charge in [-0.1, -0.05) is 12.1 Å². The highest BCUT2D eigenvalue weighted by molar-refractivity contribution is 6.07. The van der Waals surface area contributed by atoms with Crippen LogP contribution >= 0.6 is 0 Å². The molecule has 0 radical (unpaired) electrons. The summed E-state index contributed by atoms with van der Waals surface area (Å²) >= 11 is 0. The summed E-state index contributed by atoms with van der Waals surface area (Å²) in [6.07, 6.45) is 1.11. The van der Waals surface area contributed by atoms with Crippen LogP contribution in [0.5, 0.6) is 0 Å². The molecule has 1 amide bonds. The van der Waals surface area contributed by atoms with Gasteiger partial charge < -0.3 is 15.0 Å². The lowest BCUT2D eigenvalue weighted by molar-refractivity contribution is -0.384. The number of hydrogen-bond acceptors (Lipinski definition) is 5. The third-order valence-corrected chi connectivity index (χ3v) is 2.70. The average Bonchev–Trinajstić information content (AvgIpc) is 2.97. The minimum atomic E-state index is -0.615. The zero-order chi connectivity index (χ0) is 15.4. The van der Waals surface area contributed by atoms with E-state index in [-0.39, 0.29) is 22.6 Å². The molecule has 8 heteroatoms. The van der Waals surface area contributed by atoms with Crippen molar-refractivity contribution in [2.45, 2.75) is 0 Å². The fraction of sp³-hybridized carbons (Fsp3) is 0.0769. The lowest BCUT2D eigenvalue weighted by atomic mass is 10.1. The van der Waals surface area contributed by atoms with Gasteiger partial charge in [0.25, 0.3) is 11.6 Å². The number of carbonyl (C=O) groups excluding carboxylic acids is 2. The number of anilines is 1. The average molecular weight is 289 g/mol. The van der Waals surface area contributed by atoms with E-state index in [9.17, 15) is 19.7 Å². The Morgan fingerprint density at radius 2 is 2.05 bits per heavy atom. The number of H-pyrrole nitrogens is 1. The Balaban J connectivity index is 2.23. The van der Waals surface area contributed by atoms with Crippen molar-refractivity contribution in [2.24, 2.45) is 0 Å². The molecule has 21 heavy (non-hydrogen) atoms. The number of carbonyl (C=O) groups is 2. The largest absolute Gasteiger partial charge is 0.465 e. The Morgan fingerprint density at radius 1 is 1.33 bits per heavy atom. The number of rotatable bonds is 4. The molecule has 8 nitrogen and oxygen atoms in total. The molecule has 1 aromatic heterocycles. The molecule has 2 aromatic rings. The van der Waals surface area contributed by atoms with Crippen molar-refractivity contribution in [3.63, 3.8) is 0 Å². The van der Waals surface area contributed by atoms with Crippen LogP contribution in [0.2, 0.25) is 0 Å². The van der Waals surface area contributed by atoms with Crippen LogP contribution in [0.25, 0.3) is 0 Å². The van der Waals surface area contributed by atoms with E-state index in [4.69, 9.17) is 0 Å². The number of aromatic amines is 1. The first-order chi connectivity index (χ1) is 10.0. The number of nitrogens with zero attached hydrogens (tertiary/aromatic N) is 1. The molecule has 0 saturated heterocycles. The molecule has 0 bridgehead atoms. The first kappa shape index (κ1) is 14.3. The molecule has 0 fully saturated rings. The Kier molecular flexibility index (Phi) is 3.98. The first-order valence-electron chi connectivity index (χ1n) is 5.84. The van der Waals surface area contributed by atoms with Crippen LogP contribution in [0.15, 0.2) is 36.5 Å². The van der Waals surface area contributed by atoms with Crippen LogP contribution in [0, 0.1) is 10.1 Å². The molecule has 1 aromatic carbocycles. The summed E-state index contributed by atoms with van der Waals surface area (Å²) in [4.78, 5) is 36.0. The van der Waals surface area contributed by atoms with Gasteiger partial charge in [-0.05, 0) is 12.1 Å². The van der Waals surface area contributed by atoms with Crippen molar-refractivity contribution in [1.29, 1.82) is 0 Å². The van der Waals surface area contributed by atoms with E-state index in [1.165, 1.54) is 19.2 Å². The second-order valence-corrected chi connectivity index (χ2v) is 4.02. The second-order valence-electron chi connectivity index (χ2n) is 4.02. The van der Waals surface area contributed by atoms with E-state index in [1.54, 1.807) is 12.1 Å². The molecule has 2 rings (SSSR count). The number of methoxy groups -OCH3 is 1. The molecule has 0 aliphatic heterocycles. The van der Waals surface area contributed by atoms with E-state index in [1.807, 2.05) is 0 Å². The van der Waals surface area contributed by atoms with E-state index in [2.05, 4.69) is 15.0 Å². The zero-order valence-corrected chi connectivity index (χ0v) is 11.0. The van der Waals surface area contributed by atoms with E-state index >= 15 is 0 Å². The Morgan fingerprint density at radius 3 is 2.67 bits per heavy atom. The maximum absolute atomic E-state index is 12.0. The molecule has 0 aliphatic carbocycles. The second kappa shape index (κ2) is 5.87. The van der Waals surface area contributed by atoms with Crippen LogP contribution in [0.4, 0.5) is 11.4 Å². The van der Waals surface area contributed by atoms with Gasteiger partial charge in [-0.15, -0.1) is 0 Å². The summed E-state index contributed by atoms with van der Waals surface area (Å²) in [7, 11) is 1.23. The molecule has 0 aliphatic rings. The molecule has 1 heterocycles. The van der Waals surface area contributed by atoms with Gasteiger partial charge in [-0.2, -0.15) is 0 Å². The van der Waals surface area contributed by atoms with Crippen molar-refractivity contribution in [1.82, 2.24) is 4.98 Å². The number of nitro groups is 1. The summed E-state index contributed by atoms with van der Waals surface area (Å²) < 4.78 is 4.61. The summed E-state index contributed by atoms with van der Waals surface area (Å²) in [5, 5.41) is 13.1. The van der Waals surface area contributed by atoms with Crippen molar-refractivity contribution in [3.05, 3.63) is 57.9 Å². The highest BCUT2D eigenvalue weighted by atomic mass is 16.6. The van der Waals surface area contributed by atoms with Gasteiger partial charge in [0.05, 0.1) is 29.5 Å². The molecule has 0 atom stereocenters. The maximum Gasteiger partial charge on any atom is 0.339 e.